The Morgan fingerprint density at radius 2 is 1.75 bits per heavy atom. The summed E-state index contributed by atoms with van der Waals surface area (Å²) in [6.45, 7) is 2.47. The van der Waals surface area contributed by atoms with Crippen LogP contribution in [-0.2, 0) is 6.42 Å². The van der Waals surface area contributed by atoms with Crippen LogP contribution in [0.25, 0.3) is 0 Å². The van der Waals surface area contributed by atoms with E-state index in [1.807, 2.05) is 0 Å². The van der Waals surface area contributed by atoms with Gasteiger partial charge in [-0.15, -0.1) is 0 Å². The molecule has 1 aromatic rings. The van der Waals surface area contributed by atoms with Crippen molar-refractivity contribution in [2.75, 3.05) is 32.1 Å². The molecule has 1 fully saturated rings. The van der Waals surface area contributed by atoms with Crippen LogP contribution in [0.4, 0.5) is 5.69 Å². The number of hydrogen-bond donors (Lipinski definition) is 0. The van der Waals surface area contributed by atoms with Crippen molar-refractivity contribution >= 4 is 5.69 Å². The number of benzene rings is 1. The second kappa shape index (κ2) is 3.49. The van der Waals surface area contributed by atoms with Gasteiger partial charge in [-0.3, -0.25) is 0 Å². The van der Waals surface area contributed by atoms with Gasteiger partial charge in [-0.05, 0) is 37.9 Å². The third-order valence-corrected chi connectivity index (χ3v) is 4.50. The molecule has 86 valence electrons. The SMILES string of the molecule is CN1CCC2(CC1)Cc1ccccc1N2C. The molecule has 0 aliphatic carbocycles. The molecular formula is C14H20N2. The Kier molecular flexibility index (Phi) is 2.21. The largest absolute Gasteiger partial charge is 0.368 e. The van der Waals surface area contributed by atoms with Gasteiger partial charge in [0.15, 0.2) is 0 Å². The first-order valence-electron chi connectivity index (χ1n) is 6.22. The lowest BCUT2D eigenvalue weighted by Crippen LogP contribution is -2.52. The van der Waals surface area contributed by atoms with Crippen LogP contribution in [0.15, 0.2) is 24.3 Å². The minimum absolute atomic E-state index is 0.413. The zero-order valence-corrected chi connectivity index (χ0v) is 10.2. The first-order chi connectivity index (χ1) is 7.71. The molecule has 0 saturated carbocycles. The third-order valence-electron chi connectivity index (χ3n) is 4.50. The van der Waals surface area contributed by atoms with Crippen molar-refractivity contribution < 1.29 is 0 Å². The van der Waals surface area contributed by atoms with Gasteiger partial charge in [-0.25, -0.2) is 0 Å². The Bertz CT molecular complexity index is 391. The molecular weight excluding hydrogens is 196 g/mol. The van der Waals surface area contributed by atoms with E-state index in [1.165, 1.54) is 43.6 Å². The predicted octanol–water partition coefficient (Wildman–Crippen LogP) is 2.14. The molecule has 0 atom stereocenters. The van der Waals surface area contributed by atoms with Gasteiger partial charge in [0.25, 0.3) is 0 Å². The van der Waals surface area contributed by atoms with Crippen molar-refractivity contribution in [3.63, 3.8) is 0 Å². The van der Waals surface area contributed by atoms with Gasteiger partial charge >= 0.3 is 0 Å². The van der Waals surface area contributed by atoms with Crippen LogP contribution in [0, 0.1) is 0 Å². The van der Waals surface area contributed by atoms with E-state index in [0.29, 0.717) is 5.54 Å². The zero-order chi connectivity index (χ0) is 11.2. The van der Waals surface area contributed by atoms with Crippen LogP contribution < -0.4 is 4.90 Å². The maximum absolute atomic E-state index is 2.54. The molecule has 1 aromatic carbocycles. The fourth-order valence-corrected chi connectivity index (χ4v) is 3.26. The lowest BCUT2D eigenvalue weighted by molar-refractivity contribution is 0.191. The number of likely N-dealkylation sites (N-methyl/N-ethyl adjacent to an activating group) is 1. The maximum Gasteiger partial charge on any atom is 0.0464 e. The van der Waals surface area contributed by atoms with Crippen molar-refractivity contribution in [3.8, 4) is 0 Å². The normalized spacial score (nSPS) is 23.8. The van der Waals surface area contributed by atoms with E-state index in [9.17, 15) is 0 Å². The minimum atomic E-state index is 0.413. The lowest BCUT2D eigenvalue weighted by Gasteiger charge is -2.43. The van der Waals surface area contributed by atoms with Gasteiger partial charge in [0.2, 0.25) is 0 Å². The van der Waals surface area contributed by atoms with Crippen LogP contribution >= 0.6 is 0 Å². The van der Waals surface area contributed by atoms with Crippen LogP contribution in [-0.4, -0.2) is 37.6 Å². The second-order valence-electron chi connectivity index (χ2n) is 5.39. The predicted molar refractivity (Wildman–Crippen MR) is 68.0 cm³/mol. The molecule has 0 radical (unpaired) electrons. The Labute approximate surface area is 97.9 Å². The number of fused-ring (bicyclic) bond motifs is 1. The van der Waals surface area contributed by atoms with E-state index in [0.717, 1.165) is 0 Å². The summed E-state index contributed by atoms with van der Waals surface area (Å²) < 4.78 is 0. The van der Waals surface area contributed by atoms with Crippen LogP contribution in [0.5, 0.6) is 0 Å². The molecule has 2 heterocycles. The summed E-state index contributed by atoms with van der Waals surface area (Å²) in [6, 6.07) is 8.88. The molecule has 0 bridgehead atoms. The molecule has 2 aliphatic rings. The summed E-state index contributed by atoms with van der Waals surface area (Å²) in [4.78, 5) is 4.98. The molecule has 1 saturated heterocycles. The molecule has 3 rings (SSSR count). The molecule has 2 nitrogen and oxygen atoms in total. The van der Waals surface area contributed by atoms with E-state index in [2.05, 4.69) is 48.2 Å². The lowest BCUT2D eigenvalue weighted by atomic mass is 9.84. The quantitative estimate of drug-likeness (QED) is 0.655. The van der Waals surface area contributed by atoms with Crippen molar-refractivity contribution in [2.24, 2.45) is 0 Å². The number of likely N-dealkylation sites (tertiary alicyclic amines) is 1. The van der Waals surface area contributed by atoms with E-state index < -0.39 is 0 Å². The van der Waals surface area contributed by atoms with Crippen LogP contribution in [0.2, 0.25) is 0 Å². The number of piperidine rings is 1. The molecule has 0 N–H and O–H groups in total. The van der Waals surface area contributed by atoms with E-state index in [-0.39, 0.29) is 0 Å². The molecule has 0 aromatic heterocycles. The number of rotatable bonds is 0. The highest BCUT2D eigenvalue weighted by Gasteiger charge is 2.42. The molecule has 1 spiro atoms. The Morgan fingerprint density at radius 3 is 2.44 bits per heavy atom. The van der Waals surface area contributed by atoms with Crippen molar-refractivity contribution in [1.29, 1.82) is 0 Å². The molecule has 0 unspecified atom stereocenters. The molecule has 2 heteroatoms. The van der Waals surface area contributed by atoms with Gasteiger partial charge in [-0.1, -0.05) is 18.2 Å². The number of hydrogen-bond acceptors (Lipinski definition) is 2. The third kappa shape index (κ3) is 1.36. The summed E-state index contributed by atoms with van der Waals surface area (Å²) in [7, 11) is 4.51. The fraction of sp³-hybridized carbons (Fsp3) is 0.571. The molecule has 0 amide bonds. The van der Waals surface area contributed by atoms with Gasteiger partial charge in [-0.2, -0.15) is 0 Å². The summed E-state index contributed by atoms with van der Waals surface area (Å²) in [5.41, 5.74) is 3.40. The molecule has 2 aliphatic heterocycles. The highest BCUT2D eigenvalue weighted by atomic mass is 15.2. The van der Waals surface area contributed by atoms with Crippen molar-refractivity contribution in [1.82, 2.24) is 4.90 Å². The van der Waals surface area contributed by atoms with Gasteiger partial charge < -0.3 is 9.80 Å². The average Bonchev–Trinajstić information content (AvgIpc) is 2.58. The second-order valence-corrected chi connectivity index (χ2v) is 5.39. The monoisotopic (exact) mass is 216 g/mol. The average molecular weight is 216 g/mol. The van der Waals surface area contributed by atoms with E-state index >= 15 is 0 Å². The van der Waals surface area contributed by atoms with E-state index in [4.69, 9.17) is 0 Å². The highest BCUT2D eigenvalue weighted by Crippen LogP contribution is 2.42. The summed E-state index contributed by atoms with van der Waals surface area (Å²) >= 11 is 0. The topological polar surface area (TPSA) is 6.48 Å². The number of nitrogens with zero attached hydrogens (tertiary/aromatic N) is 2. The smallest absolute Gasteiger partial charge is 0.0464 e. The maximum atomic E-state index is 2.54. The van der Waals surface area contributed by atoms with Gasteiger partial charge in [0.1, 0.15) is 0 Å². The van der Waals surface area contributed by atoms with Crippen molar-refractivity contribution in [2.45, 2.75) is 24.8 Å². The van der Waals surface area contributed by atoms with Crippen LogP contribution in [0.3, 0.4) is 0 Å². The van der Waals surface area contributed by atoms with Gasteiger partial charge in [0, 0.05) is 31.4 Å². The Hall–Kier alpha value is -1.02. The Morgan fingerprint density at radius 1 is 1.06 bits per heavy atom. The molecule has 16 heavy (non-hydrogen) atoms. The number of anilines is 1. The first kappa shape index (κ1) is 10.2. The summed E-state index contributed by atoms with van der Waals surface area (Å²) in [5, 5.41) is 0. The fourth-order valence-electron chi connectivity index (χ4n) is 3.26. The number of para-hydroxylation sites is 1. The van der Waals surface area contributed by atoms with E-state index in [1.54, 1.807) is 0 Å². The Balaban J connectivity index is 1.91. The highest BCUT2D eigenvalue weighted by molar-refractivity contribution is 5.61. The summed E-state index contributed by atoms with van der Waals surface area (Å²) in [5.74, 6) is 0. The van der Waals surface area contributed by atoms with Gasteiger partial charge in [0.05, 0.1) is 0 Å². The first-order valence-corrected chi connectivity index (χ1v) is 6.22. The standard InChI is InChI=1S/C14H20N2/c1-15-9-7-14(8-10-15)11-12-5-3-4-6-13(12)16(14)2/h3-6H,7-11H2,1-2H3. The minimum Gasteiger partial charge on any atom is -0.368 e. The van der Waals surface area contributed by atoms with Crippen LogP contribution in [0.1, 0.15) is 18.4 Å². The van der Waals surface area contributed by atoms with Crippen molar-refractivity contribution in [3.05, 3.63) is 29.8 Å². The zero-order valence-electron chi connectivity index (χ0n) is 10.2. The summed E-state index contributed by atoms with van der Waals surface area (Å²) in [6.07, 6.45) is 3.84.